The molecular weight excluding hydrogens is 1840 g/mol. The van der Waals surface area contributed by atoms with E-state index in [0.717, 1.165) is 18.7 Å². The number of aromatic amines is 1. The molecule has 0 radical (unpaired) electrons. The van der Waals surface area contributed by atoms with Crippen LogP contribution in [0.1, 0.15) is 138 Å². The highest BCUT2D eigenvalue weighted by atomic mass is 16.4. The second-order valence-corrected chi connectivity index (χ2v) is 35.1. The van der Waals surface area contributed by atoms with Crippen LogP contribution in [0.4, 0.5) is 0 Å². The van der Waals surface area contributed by atoms with Crippen molar-refractivity contribution in [3.8, 4) is 11.5 Å². The molecule has 5 aromatic carbocycles. The van der Waals surface area contributed by atoms with Crippen molar-refractivity contribution >= 4 is 112 Å². The third-order valence-electron chi connectivity index (χ3n) is 23.4. The molecule has 2 aliphatic rings. The number of primary amides is 1. The van der Waals surface area contributed by atoms with E-state index in [2.05, 4.69) is 79.1 Å². The van der Waals surface area contributed by atoms with Gasteiger partial charge in [-0.2, -0.15) is 0 Å². The minimum atomic E-state index is -2.25. The lowest BCUT2D eigenvalue weighted by atomic mass is 9.99. The Labute approximate surface area is 811 Å². The molecule has 0 aliphatic carbocycles. The first kappa shape index (κ1) is 111. The van der Waals surface area contributed by atoms with Gasteiger partial charge in [0.1, 0.15) is 96.1 Å². The molecular formula is C95H125N21O25. The number of carboxylic acids is 3. The molecule has 0 spiro atoms. The number of likely N-dealkylation sites (tertiary alicyclic amines) is 2. The first-order valence-corrected chi connectivity index (χ1v) is 46.1. The summed E-state index contributed by atoms with van der Waals surface area (Å²) in [5, 5.41) is 113. The number of nitrogens with zero attached hydrogens (tertiary/aromatic N) is 3. The smallest absolute Gasteiger partial charge is 0.326 e. The number of carbonyl (C=O) groups is 18. The normalized spacial score (nSPS) is 16.5. The standard InChI is InChI=1S/C95H125N21O25/c1-51(2)41-71(93(139)116-40-16-25-74(116)89(135)112-72(94(140)141)46-56-21-12-7-13-22-56)111-84(130)66(44-57-26-30-60(119)31-27-57)107-85(131)69(47-59-49-100-50-102-59)108-83(129)67(45-58-28-32-61(120)33-29-58)110-91(137)79(53(4)118)114-87(133)70(48-77(124)125)109-82(128)64(34-36-75(97)121)103-88(134)73-24-15-39-115(73)92(138)65(35-37-76(122)123)105-81(127)63(23-14-38-101-95(98)99)104-90(136)78(52(3)117)113-86(132)68(43-55-19-10-6-11-20-55)106-80(126)62(96)42-54-17-8-5-9-18-54/h5-13,17-22,26-33,49-53,62-74,78-79,117-120H,14-16,23-25,34-48,96H2,1-4H3,(H2,97,121)(H,100,102)(H,103,134)(H,104,136)(H,105,127)(H,106,126)(H,107,131)(H,108,129)(H,109,128)(H,110,137)(H,111,130)(H,112,135)(H,113,132)(H,114,133)(H,122,123)(H,124,125)(H,140,141)(H4,98,99,101)/t52-,53-,62+,63+,64+,65+,66+,67+,68+,69+,70+,71+,72+,73+,74+,78+,79+/m1/s1. The number of hydrogen-bond acceptors (Lipinski definition) is 25. The van der Waals surface area contributed by atoms with Gasteiger partial charge in [-0.05, 0) is 136 Å². The van der Waals surface area contributed by atoms with Crippen LogP contribution in [-0.4, -0.2) is 290 Å². The zero-order valence-electron chi connectivity index (χ0n) is 78.2. The molecule has 0 bridgehead atoms. The summed E-state index contributed by atoms with van der Waals surface area (Å²) in [6.45, 7) is 5.37. The highest BCUT2D eigenvalue weighted by Crippen LogP contribution is 2.25. The molecule has 3 heterocycles. The predicted octanol–water partition coefficient (Wildman–Crippen LogP) is -3.54. The van der Waals surface area contributed by atoms with Crippen molar-refractivity contribution in [1.29, 1.82) is 5.41 Å². The third kappa shape index (κ3) is 35.8. The van der Waals surface area contributed by atoms with E-state index >= 15 is 14.4 Å². The quantitative estimate of drug-likeness (QED) is 0.00999. The Hall–Kier alpha value is -15.5. The van der Waals surface area contributed by atoms with E-state index in [0.29, 0.717) is 28.7 Å². The van der Waals surface area contributed by atoms with Gasteiger partial charge in [0.2, 0.25) is 88.6 Å². The van der Waals surface area contributed by atoms with Gasteiger partial charge in [-0.1, -0.05) is 129 Å². The van der Waals surface area contributed by atoms with Crippen LogP contribution in [0.25, 0.3) is 0 Å². The molecule has 15 amide bonds. The fourth-order valence-corrected chi connectivity index (χ4v) is 16.0. The van der Waals surface area contributed by atoms with Gasteiger partial charge in [0.25, 0.3) is 0 Å². The lowest BCUT2D eigenvalue weighted by Gasteiger charge is -2.31. The van der Waals surface area contributed by atoms with Crippen LogP contribution >= 0.6 is 0 Å². The Morgan fingerprint density at radius 3 is 1.21 bits per heavy atom. The molecule has 17 atom stereocenters. The first-order chi connectivity index (χ1) is 67.0. The maximum absolute atomic E-state index is 15.1. The van der Waals surface area contributed by atoms with Gasteiger partial charge in [0.05, 0.1) is 36.7 Å². The van der Waals surface area contributed by atoms with Crippen molar-refractivity contribution < 1.29 is 122 Å². The van der Waals surface area contributed by atoms with Crippen LogP contribution in [0, 0.1) is 11.3 Å². The fourth-order valence-electron chi connectivity index (χ4n) is 16.0. The number of hydrogen-bond donors (Lipinski definition) is 25. The van der Waals surface area contributed by atoms with Gasteiger partial charge in [-0.15, -0.1) is 0 Å². The number of imidazole rings is 1. The van der Waals surface area contributed by atoms with Crippen LogP contribution in [0.3, 0.4) is 0 Å². The zero-order chi connectivity index (χ0) is 103. The van der Waals surface area contributed by atoms with Gasteiger partial charge in [0, 0.05) is 70.8 Å². The summed E-state index contributed by atoms with van der Waals surface area (Å²) in [5.74, 6) is -21.9. The SMILES string of the molecule is CC(C)C[C@H](NC(=O)[C@H](Cc1ccc(O)cc1)NC(=O)[C@H](Cc1c[nH]cn1)NC(=O)[C@H](Cc1ccc(O)cc1)NC(=O)[C@@H](NC(=O)[C@H](CC(=O)O)NC(=O)[C@H](CCC(N)=O)NC(=O)[C@@H]1CCCN1C(=O)[C@H](CCC(=O)O)NC(=O)[C@H](CCCNC(=N)N)NC(=O)[C@@H](NC(=O)[C@H](Cc1ccccc1)NC(=O)[C@@H](N)Cc1ccccc1)[C@@H](C)O)[C@@H](C)O)C(=O)N1CCC[C@H]1C(=O)N[C@@H](Cc1ccccc1)C(=O)O. The molecule has 2 aliphatic heterocycles. The number of phenolic OH excluding ortho intramolecular Hbond substituents is 2. The molecule has 28 N–H and O–H groups in total. The van der Waals surface area contributed by atoms with Crippen LogP contribution in [0.15, 0.2) is 152 Å². The number of carbonyl (C=O) groups excluding carboxylic acids is 15. The van der Waals surface area contributed by atoms with E-state index in [9.17, 15) is 108 Å². The molecule has 1 aromatic heterocycles. The van der Waals surface area contributed by atoms with Crippen LogP contribution in [-0.2, 0) is 125 Å². The van der Waals surface area contributed by atoms with Crippen molar-refractivity contribution in [2.45, 2.75) is 246 Å². The Morgan fingerprint density at radius 2 is 0.787 bits per heavy atom. The van der Waals surface area contributed by atoms with Crippen molar-refractivity contribution in [2.75, 3.05) is 19.6 Å². The number of nitrogens with two attached hydrogens (primary N) is 3. The second-order valence-electron chi connectivity index (χ2n) is 35.1. The van der Waals surface area contributed by atoms with Crippen LogP contribution < -0.4 is 86.3 Å². The minimum Gasteiger partial charge on any atom is -0.508 e. The number of amides is 15. The fraction of sp³-hybridized carbons (Fsp3) is 0.453. The summed E-state index contributed by atoms with van der Waals surface area (Å²) >= 11 is 0. The Kier molecular flexibility index (Phi) is 42.9. The number of H-pyrrole nitrogens is 1. The van der Waals surface area contributed by atoms with E-state index in [1.807, 2.05) is 0 Å². The summed E-state index contributed by atoms with van der Waals surface area (Å²) in [6.07, 6.45) is -6.65. The number of nitrogens with one attached hydrogen (secondary N) is 15. The number of phenols is 2. The molecule has 46 nitrogen and oxygen atoms in total. The maximum atomic E-state index is 15.1. The second kappa shape index (κ2) is 54.6. The van der Waals surface area contributed by atoms with Crippen LogP contribution in [0.5, 0.6) is 11.5 Å². The van der Waals surface area contributed by atoms with E-state index in [-0.39, 0.29) is 113 Å². The Balaban J connectivity index is 0.986. The third-order valence-corrected chi connectivity index (χ3v) is 23.4. The monoisotopic (exact) mass is 1960 g/mol. The van der Waals surface area contributed by atoms with Gasteiger partial charge in [0.15, 0.2) is 5.96 Å². The number of benzene rings is 5. The van der Waals surface area contributed by atoms with Gasteiger partial charge in [-0.3, -0.25) is 86.9 Å². The summed E-state index contributed by atoms with van der Waals surface area (Å²) in [6, 6.07) is 11.4. The topological polar surface area (TPSA) is 742 Å². The summed E-state index contributed by atoms with van der Waals surface area (Å²) in [4.78, 5) is 264. The summed E-state index contributed by atoms with van der Waals surface area (Å²) < 4.78 is 0. The molecule has 8 rings (SSSR count). The average Bonchev–Trinajstić information content (AvgIpc) is 1.71. The number of guanidine groups is 1. The van der Waals surface area contributed by atoms with E-state index < -0.39 is 260 Å². The van der Waals surface area contributed by atoms with E-state index in [1.165, 1.54) is 66.0 Å². The number of carboxylic acid groups (broad SMARTS) is 3. The molecule has 46 heteroatoms. The Bertz CT molecular complexity index is 5320. The first-order valence-electron chi connectivity index (χ1n) is 46.1. The average molecular weight is 1960 g/mol. The molecule has 6 aromatic rings. The number of aromatic hydroxyl groups is 2. The lowest BCUT2D eigenvalue weighted by molar-refractivity contribution is -0.145. The van der Waals surface area contributed by atoms with Gasteiger partial charge >= 0.3 is 17.9 Å². The molecule has 141 heavy (non-hydrogen) atoms. The summed E-state index contributed by atoms with van der Waals surface area (Å²) in [7, 11) is 0. The number of aliphatic carboxylic acids is 3. The van der Waals surface area contributed by atoms with Crippen molar-refractivity contribution in [1.82, 2.24) is 88.9 Å². The van der Waals surface area contributed by atoms with Crippen molar-refractivity contribution in [3.63, 3.8) is 0 Å². The molecule has 760 valence electrons. The van der Waals surface area contributed by atoms with E-state index in [1.54, 1.807) is 105 Å². The van der Waals surface area contributed by atoms with Crippen molar-refractivity contribution in [2.24, 2.45) is 23.1 Å². The van der Waals surface area contributed by atoms with Gasteiger partial charge < -0.3 is 137 Å². The highest BCUT2D eigenvalue weighted by molar-refractivity contribution is 6.02. The molecule has 2 fully saturated rings. The largest absolute Gasteiger partial charge is 0.508 e. The van der Waals surface area contributed by atoms with Crippen LogP contribution in [0.2, 0.25) is 0 Å². The highest BCUT2D eigenvalue weighted by Gasteiger charge is 2.45. The number of rotatable bonds is 55. The number of aromatic nitrogens is 2. The lowest BCUT2D eigenvalue weighted by Crippen LogP contribution is -2.62. The van der Waals surface area contributed by atoms with Gasteiger partial charge in [-0.25, -0.2) is 9.78 Å². The summed E-state index contributed by atoms with van der Waals surface area (Å²) in [5.41, 5.74) is 20.0. The minimum absolute atomic E-state index is 0.0108. The Morgan fingerprint density at radius 1 is 0.418 bits per heavy atom. The van der Waals surface area contributed by atoms with E-state index in [4.69, 9.17) is 22.6 Å². The number of aliphatic hydroxyl groups is 2. The molecule has 2 saturated heterocycles. The van der Waals surface area contributed by atoms with Crippen molar-refractivity contribution in [3.05, 3.63) is 186 Å². The zero-order valence-corrected chi connectivity index (χ0v) is 78.2. The predicted molar refractivity (Wildman–Crippen MR) is 504 cm³/mol. The maximum Gasteiger partial charge on any atom is 0.326 e. The molecule has 0 saturated carbocycles. The number of aliphatic hydroxyl groups excluding tert-OH is 2. The molecule has 0 unspecified atom stereocenters.